The van der Waals surface area contributed by atoms with Crippen molar-refractivity contribution in [2.45, 2.75) is 11.7 Å². The fraction of sp³-hybridized carbons (Fsp3) is 0.200. The van der Waals surface area contributed by atoms with E-state index in [0.717, 1.165) is 11.3 Å². The van der Waals surface area contributed by atoms with Crippen LogP contribution in [0.3, 0.4) is 0 Å². The van der Waals surface area contributed by atoms with Crippen LogP contribution in [0, 0.1) is 0 Å². The second-order valence-corrected chi connectivity index (χ2v) is 7.18. The SMILES string of the molecule is CN(Cc1ccsc1)C(=O)CSc1nnnn1-c1ccc(Cl)cc1. The van der Waals surface area contributed by atoms with Gasteiger partial charge < -0.3 is 4.90 Å². The summed E-state index contributed by atoms with van der Waals surface area (Å²) >= 11 is 8.82. The number of hydrogen-bond acceptors (Lipinski definition) is 6. The van der Waals surface area contributed by atoms with Crippen molar-refractivity contribution in [3.05, 3.63) is 51.7 Å². The highest BCUT2D eigenvalue weighted by molar-refractivity contribution is 7.99. The van der Waals surface area contributed by atoms with E-state index in [1.165, 1.54) is 11.8 Å². The molecule has 3 rings (SSSR count). The molecule has 9 heteroatoms. The van der Waals surface area contributed by atoms with Crippen LogP contribution in [0.25, 0.3) is 5.69 Å². The summed E-state index contributed by atoms with van der Waals surface area (Å²) < 4.78 is 1.59. The van der Waals surface area contributed by atoms with Crippen molar-refractivity contribution in [1.82, 2.24) is 25.1 Å². The minimum Gasteiger partial charge on any atom is -0.341 e. The number of halogens is 1. The van der Waals surface area contributed by atoms with Crippen molar-refractivity contribution in [2.75, 3.05) is 12.8 Å². The molecule has 6 nitrogen and oxygen atoms in total. The van der Waals surface area contributed by atoms with Crippen LogP contribution in [0.15, 0.2) is 46.2 Å². The zero-order valence-corrected chi connectivity index (χ0v) is 15.2. The van der Waals surface area contributed by atoms with E-state index < -0.39 is 0 Å². The van der Waals surface area contributed by atoms with Crippen LogP contribution in [0.2, 0.25) is 5.02 Å². The van der Waals surface area contributed by atoms with Crippen molar-refractivity contribution < 1.29 is 4.79 Å². The van der Waals surface area contributed by atoms with E-state index in [-0.39, 0.29) is 11.7 Å². The van der Waals surface area contributed by atoms with Crippen LogP contribution in [0.1, 0.15) is 5.56 Å². The van der Waals surface area contributed by atoms with E-state index in [1.807, 2.05) is 29.0 Å². The number of thioether (sulfide) groups is 1. The molecule has 0 aliphatic carbocycles. The lowest BCUT2D eigenvalue weighted by Crippen LogP contribution is -2.27. The van der Waals surface area contributed by atoms with E-state index >= 15 is 0 Å². The third-order valence-corrected chi connectivity index (χ3v) is 5.15. The molecule has 0 fully saturated rings. The number of thiophene rings is 1. The topological polar surface area (TPSA) is 63.9 Å². The maximum atomic E-state index is 12.3. The molecule has 0 saturated carbocycles. The highest BCUT2D eigenvalue weighted by atomic mass is 35.5. The van der Waals surface area contributed by atoms with Gasteiger partial charge in [-0.05, 0) is 57.1 Å². The summed E-state index contributed by atoms with van der Waals surface area (Å²) in [6.07, 6.45) is 0. The highest BCUT2D eigenvalue weighted by Gasteiger charge is 2.14. The Morgan fingerprint density at radius 2 is 2.12 bits per heavy atom. The van der Waals surface area contributed by atoms with Gasteiger partial charge in [-0.1, -0.05) is 23.4 Å². The van der Waals surface area contributed by atoms with Gasteiger partial charge in [-0.25, -0.2) is 0 Å². The van der Waals surface area contributed by atoms with Gasteiger partial charge in [0.15, 0.2) is 0 Å². The number of benzene rings is 1. The summed E-state index contributed by atoms with van der Waals surface area (Å²) in [5.74, 6) is 0.297. The summed E-state index contributed by atoms with van der Waals surface area (Å²) in [5, 5.41) is 16.9. The predicted octanol–water partition coefficient (Wildman–Crippen LogP) is 3.13. The standard InChI is InChI=1S/C15H14ClN5OS2/c1-20(8-11-6-7-23-9-11)14(22)10-24-15-17-18-19-21(15)13-4-2-12(16)3-5-13/h2-7,9H,8,10H2,1H3. The van der Waals surface area contributed by atoms with Gasteiger partial charge in [0.05, 0.1) is 11.4 Å². The Balaban J connectivity index is 1.62. The molecule has 2 aromatic heterocycles. The Hall–Kier alpha value is -1.90. The van der Waals surface area contributed by atoms with Gasteiger partial charge in [0.25, 0.3) is 0 Å². The van der Waals surface area contributed by atoms with E-state index in [9.17, 15) is 4.79 Å². The van der Waals surface area contributed by atoms with Gasteiger partial charge in [-0.3, -0.25) is 4.79 Å². The Kier molecular flexibility index (Phi) is 5.49. The van der Waals surface area contributed by atoms with Gasteiger partial charge in [0.1, 0.15) is 0 Å². The van der Waals surface area contributed by atoms with Gasteiger partial charge in [-0.2, -0.15) is 16.0 Å². The third-order valence-electron chi connectivity index (χ3n) is 3.26. The molecule has 3 aromatic rings. The summed E-state index contributed by atoms with van der Waals surface area (Å²) in [6.45, 7) is 0.602. The minimum absolute atomic E-state index is 0.0249. The number of hydrogen-bond donors (Lipinski definition) is 0. The maximum absolute atomic E-state index is 12.3. The first kappa shape index (κ1) is 16.9. The van der Waals surface area contributed by atoms with Gasteiger partial charge >= 0.3 is 0 Å². The van der Waals surface area contributed by atoms with Gasteiger partial charge in [0, 0.05) is 18.6 Å². The molecule has 0 aliphatic heterocycles. The molecule has 0 atom stereocenters. The van der Waals surface area contributed by atoms with Crippen molar-refractivity contribution in [2.24, 2.45) is 0 Å². The molecular weight excluding hydrogens is 366 g/mol. The van der Waals surface area contributed by atoms with Crippen LogP contribution in [-0.4, -0.2) is 43.8 Å². The quantitative estimate of drug-likeness (QED) is 0.616. The van der Waals surface area contributed by atoms with Crippen LogP contribution >= 0.6 is 34.7 Å². The molecule has 0 aliphatic rings. The van der Waals surface area contributed by atoms with E-state index in [0.29, 0.717) is 16.7 Å². The molecule has 0 saturated heterocycles. The molecule has 0 spiro atoms. The Labute approximate surface area is 152 Å². The van der Waals surface area contributed by atoms with Gasteiger partial charge in [-0.15, -0.1) is 5.10 Å². The number of rotatable bonds is 6. The van der Waals surface area contributed by atoms with Crippen LogP contribution in [0.5, 0.6) is 0 Å². The summed E-state index contributed by atoms with van der Waals surface area (Å²) in [7, 11) is 1.79. The third kappa shape index (κ3) is 4.14. The van der Waals surface area contributed by atoms with Crippen molar-refractivity contribution in [1.29, 1.82) is 0 Å². The zero-order valence-electron chi connectivity index (χ0n) is 12.8. The number of tetrazole rings is 1. The van der Waals surface area contributed by atoms with Crippen molar-refractivity contribution >= 4 is 40.6 Å². The van der Waals surface area contributed by atoms with Crippen LogP contribution in [0.4, 0.5) is 0 Å². The fourth-order valence-electron chi connectivity index (χ4n) is 1.99. The molecule has 1 amide bonds. The summed E-state index contributed by atoms with van der Waals surface area (Å²) in [5.41, 5.74) is 1.93. The Bertz CT molecular complexity index is 804. The number of nitrogens with zero attached hydrogens (tertiary/aromatic N) is 5. The first-order valence-corrected chi connectivity index (χ1v) is 9.36. The molecule has 1 aromatic carbocycles. The molecule has 0 bridgehead atoms. The van der Waals surface area contributed by atoms with E-state index in [2.05, 4.69) is 15.5 Å². The lowest BCUT2D eigenvalue weighted by Gasteiger charge is -2.15. The normalized spacial score (nSPS) is 10.8. The number of carbonyl (C=O) groups is 1. The molecule has 2 heterocycles. The smallest absolute Gasteiger partial charge is 0.233 e. The lowest BCUT2D eigenvalue weighted by molar-refractivity contribution is -0.127. The highest BCUT2D eigenvalue weighted by Crippen LogP contribution is 2.20. The molecule has 0 unspecified atom stereocenters. The minimum atomic E-state index is 0.0249. The predicted molar refractivity (Wildman–Crippen MR) is 95.7 cm³/mol. The van der Waals surface area contributed by atoms with E-state index in [4.69, 9.17) is 11.6 Å². The molecule has 0 N–H and O–H groups in total. The average molecular weight is 380 g/mol. The Morgan fingerprint density at radius 3 is 2.83 bits per heavy atom. The first-order chi connectivity index (χ1) is 11.6. The maximum Gasteiger partial charge on any atom is 0.233 e. The molecule has 124 valence electrons. The number of amides is 1. The van der Waals surface area contributed by atoms with Crippen molar-refractivity contribution in [3.8, 4) is 5.69 Å². The Morgan fingerprint density at radius 1 is 1.33 bits per heavy atom. The number of carbonyl (C=O) groups excluding carboxylic acids is 1. The monoisotopic (exact) mass is 379 g/mol. The van der Waals surface area contributed by atoms with Crippen LogP contribution < -0.4 is 0 Å². The largest absolute Gasteiger partial charge is 0.341 e. The number of aromatic nitrogens is 4. The molecule has 24 heavy (non-hydrogen) atoms. The molecular formula is C15H14ClN5OS2. The second kappa shape index (κ2) is 7.78. The van der Waals surface area contributed by atoms with Crippen LogP contribution in [-0.2, 0) is 11.3 Å². The van der Waals surface area contributed by atoms with E-state index in [1.54, 1.807) is 40.1 Å². The molecule has 0 radical (unpaired) electrons. The zero-order chi connectivity index (χ0) is 16.9. The average Bonchev–Trinajstić information content (AvgIpc) is 3.25. The summed E-state index contributed by atoms with van der Waals surface area (Å²) in [4.78, 5) is 14.0. The first-order valence-electron chi connectivity index (χ1n) is 7.05. The lowest BCUT2D eigenvalue weighted by atomic mass is 10.3. The second-order valence-electron chi connectivity index (χ2n) is 5.02. The summed E-state index contributed by atoms with van der Waals surface area (Å²) in [6, 6.07) is 9.21. The van der Waals surface area contributed by atoms with Crippen molar-refractivity contribution in [3.63, 3.8) is 0 Å². The fourth-order valence-corrected chi connectivity index (χ4v) is 3.61. The van der Waals surface area contributed by atoms with Gasteiger partial charge in [0.2, 0.25) is 11.1 Å².